The van der Waals surface area contributed by atoms with Gasteiger partial charge in [-0.25, -0.2) is 0 Å². The Morgan fingerprint density at radius 3 is 2.43 bits per heavy atom. The van der Waals surface area contributed by atoms with Crippen molar-refractivity contribution in [2.45, 2.75) is 79.9 Å². The number of aryl methyl sites for hydroxylation is 1. The summed E-state index contributed by atoms with van der Waals surface area (Å²) in [6, 6.07) is 16.1. The number of rotatable bonds is 7. The summed E-state index contributed by atoms with van der Waals surface area (Å²) >= 11 is 6.31. The van der Waals surface area contributed by atoms with Gasteiger partial charge in [0.15, 0.2) is 5.69 Å². The van der Waals surface area contributed by atoms with Crippen LogP contribution in [0.3, 0.4) is 0 Å². The van der Waals surface area contributed by atoms with E-state index in [1.807, 2.05) is 48.0 Å². The summed E-state index contributed by atoms with van der Waals surface area (Å²) in [5.41, 5.74) is 11.2. The third kappa shape index (κ3) is 6.10. The van der Waals surface area contributed by atoms with Crippen LogP contribution in [0.25, 0.3) is 11.3 Å². The van der Waals surface area contributed by atoms with Crippen LogP contribution < -0.4 is 11.1 Å². The summed E-state index contributed by atoms with van der Waals surface area (Å²) in [4.78, 5) is 13.7. The molecule has 6 heteroatoms. The third-order valence-electron chi connectivity index (χ3n) is 7.92. The number of aromatic nitrogens is 2. The molecule has 1 amide bonds. The molecule has 1 heterocycles. The van der Waals surface area contributed by atoms with Crippen LogP contribution >= 0.6 is 11.6 Å². The fourth-order valence-electron chi connectivity index (χ4n) is 6.12. The molecule has 3 atom stereocenters. The van der Waals surface area contributed by atoms with Crippen LogP contribution in [0.1, 0.15) is 81.1 Å². The van der Waals surface area contributed by atoms with Gasteiger partial charge in [-0.05, 0) is 71.4 Å². The minimum Gasteiger partial charge on any atom is -0.347 e. The first kappa shape index (κ1) is 27.4. The van der Waals surface area contributed by atoms with Crippen LogP contribution in [0.5, 0.6) is 0 Å². The van der Waals surface area contributed by atoms with Gasteiger partial charge in [-0.1, -0.05) is 83.0 Å². The molecule has 1 aromatic heterocycles. The van der Waals surface area contributed by atoms with E-state index in [0.717, 1.165) is 45.8 Å². The van der Waals surface area contributed by atoms with E-state index in [4.69, 9.17) is 22.4 Å². The topological polar surface area (TPSA) is 72.9 Å². The standard InChI is InChI=1S/C31H41ClN4O/c1-20-13-14-31(6,17-20)29(30(3,4)5)34-28(37)26-16-27(24-11-12-25(32)21(2)15-24)36(35-26)19-23-9-7-22(18-33)8-10-23/h7-12,15-16,20,29H,13-14,17-19,33H2,1-6H3,(H,34,37). The predicted octanol–water partition coefficient (Wildman–Crippen LogP) is 6.99. The molecule has 0 spiro atoms. The minimum atomic E-state index is -0.120. The number of nitrogens with one attached hydrogen (secondary N) is 1. The SMILES string of the molecule is Cc1cc(-c2cc(C(=O)NC(C(C)(C)C)C3(C)CCC(C)C3)nn2Cc2ccc(CN)cc2)ccc1Cl. The largest absolute Gasteiger partial charge is 0.347 e. The molecule has 3 aromatic rings. The first-order valence-corrected chi connectivity index (χ1v) is 13.7. The normalized spacial score (nSPS) is 20.7. The predicted molar refractivity (Wildman–Crippen MR) is 153 cm³/mol. The molecule has 3 unspecified atom stereocenters. The Bertz CT molecular complexity index is 1260. The fraction of sp³-hybridized carbons (Fsp3) is 0.484. The van der Waals surface area contributed by atoms with E-state index < -0.39 is 0 Å². The Kier molecular flexibility index (Phi) is 7.87. The molecule has 3 N–H and O–H groups in total. The van der Waals surface area contributed by atoms with Crippen molar-refractivity contribution in [2.24, 2.45) is 22.5 Å². The highest BCUT2D eigenvalue weighted by atomic mass is 35.5. The monoisotopic (exact) mass is 520 g/mol. The average Bonchev–Trinajstić information content (AvgIpc) is 3.42. The summed E-state index contributed by atoms with van der Waals surface area (Å²) in [5, 5.41) is 8.96. The Labute approximate surface area is 226 Å². The Morgan fingerprint density at radius 2 is 1.86 bits per heavy atom. The number of hydrogen-bond acceptors (Lipinski definition) is 3. The van der Waals surface area contributed by atoms with Crippen molar-refractivity contribution in [3.05, 3.63) is 75.9 Å². The van der Waals surface area contributed by atoms with E-state index in [0.29, 0.717) is 24.7 Å². The van der Waals surface area contributed by atoms with Gasteiger partial charge >= 0.3 is 0 Å². The highest BCUT2D eigenvalue weighted by Crippen LogP contribution is 2.48. The van der Waals surface area contributed by atoms with Gasteiger partial charge in [0.25, 0.3) is 5.91 Å². The van der Waals surface area contributed by atoms with Crippen molar-refractivity contribution in [3.8, 4) is 11.3 Å². The zero-order chi connectivity index (χ0) is 27.0. The van der Waals surface area contributed by atoms with E-state index in [1.165, 1.54) is 6.42 Å². The molecule has 0 saturated heterocycles. The summed E-state index contributed by atoms with van der Waals surface area (Å²) < 4.78 is 1.92. The number of carbonyl (C=O) groups excluding carboxylic acids is 1. The van der Waals surface area contributed by atoms with Crippen molar-refractivity contribution >= 4 is 17.5 Å². The van der Waals surface area contributed by atoms with E-state index in [-0.39, 0.29) is 22.8 Å². The highest BCUT2D eigenvalue weighted by molar-refractivity contribution is 6.31. The molecule has 1 fully saturated rings. The first-order chi connectivity index (χ1) is 17.4. The van der Waals surface area contributed by atoms with Crippen LogP contribution in [-0.4, -0.2) is 21.7 Å². The number of nitrogens with zero attached hydrogens (tertiary/aromatic N) is 2. The zero-order valence-corrected chi connectivity index (χ0v) is 23.8. The molecule has 198 valence electrons. The Morgan fingerprint density at radius 1 is 1.19 bits per heavy atom. The molecule has 37 heavy (non-hydrogen) atoms. The van der Waals surface area contributed by atoms with E-state index in [1.54, 1.807) is 0 Å². The zero-order valence-electron chi connectivity index (χ0n) is 23.1. The lowest BCUT2D eigenvalue weighted by atomic mass is 9.68. The van der Waals surface area contributed by atoms with Crippen molar-refractivity contribution in [1.82, 2.24) is 15.1 Å². The van der Waals surface area contributed by atoms with E-state index in [9.17, 15) is 4.79 Å². The van der Waals surface area contributed by atoms with Crippen LogP contribution in [0, 0.1) is 23.7 Å². The molecule has 1 saturated carbocycles. The molecule has 0 aliphatic heterocycles. The molecule has 0 radical (unpaired) electrons. The number of carbonyl (C=O) groups is 1. The Hall–Kier alpha value is -2.63. The highest BCUT2D eigenvalue weighted by Gasteiger charge is 2.46. The molecule has 5 nitrogen and oxygen atoms in total. The average molecular weight is 521 g/mol. The number of hydrogen-bond donors (Lipinski definition) is 2. The maximum absolute atomic E-state index is 13.7. The molecular weight excluding hydrogens is 480 g/mol. The quantitative estimate of drug-likeness (QED) is 0.352. The fourth-order valence-corrected chi connectivity index (χ4v) is 6.24. The smallest absolute Gasteiger partial charge is 0.272 e. The number of nitrogens with two attached hydrogens (primary N) is 1. The van der Waals surface area contributed by atoms with E-state index in [2.05, 4.69) is 52.1 Å². The number of benzene rings is 2. The first-order valence-electron chi connectivity index (χ1n) is 13.3. The second-order valence-electron chi connectivity index (χ2n) is 12.3. The lowest BCUT2D eigenvalue weighted by Crippen LogP contribution is -2.53. The maximum Gasteiger partial charge on any atom is 0.272 e. The van der Waals surface area contributed by atoms with Gasteiger partial charge in [-0.15, -0.1) is 0 Å². The van der Waals surface area contributed by atoms with Crippen molar-refractivity contribution in [2.75, 3.05) is 0 Å². The van der Waals surface area contributed by atoms with Crippen LogP contribution in [0.4, 0.5) is 0 Å². The van der Waals surface area contributed by atoms with Gasteiger partial charge in [-0.2, -0.15) is 5.10 Å². The van der Waals surface area contributed by atoms with Crippen molar-refractivity contribution in [1.29, 1.82) is 0 Å². The van der Waals surface area contributed by atoms with Gasteiger partial charge in [-0.3, -0.25) is 9.48 Å². The van der Waals surface area contributed by atoms with Crippen molar-refractivity contribution in [3.63, 3.8) is 0 Å². The molecule has 4 rings (SSSR count). The van der Waals surface area contributed by atoms with Gasteiger partial charge in [0.1, 0.15) is 0 Å². The second kappa shape index (κ2) is 10.6. The van der Waals surface area contributed by atoms with Crippen molar-refractivity contribution < 1.29 is 4.79 Å². The van der Waals surface area contributed by atoms with Gasteiger partial charge in [0.2, 0.25) is 0 Å². The molecular formula is C31H41ClN4O. The summed E-state index contributed by atoms with van der Waals surface area (Å²) in [7, 11) is 0. The van der Waals surface area contributed by atoms with Crippen LogP contribution in [0.2, 0.25) is 5.02 Å². The van der Waals surface area contributed by atoms with E-state index >= 15 is 0 Å². The second-order valence-corrected chi connectivity index (χ2v) is 12.7. The number of halogens is 1. The summed E-state index contributed by atoms with van der Waals surface area (Å²) in [6.45, 7) is 14.4. The molecule has 1 aliphatic rings. The Balaban J connectivity index is 1.69. The summed E-state index contributed by atoms with van der Waals surface area (Å²) in [6.07, 6.45) is 3.45. The van der Waals surface area contributed by atoms with Crippen LogP contribution in [0.15, 0.2) is 48.5 Å². The summed E-state index contributed by atoms with van der Waals surface area (Å²) in [5.74, 6) is 0.557. The molecule has 0 bridgehead atoms. The lowest BCUT2D eigenvalue weighted by Gasteiger charge is -2.43. The van der Waals surface area contributed by atoms with Gasteiger partial charge in [0.05, 0.1) is 12.2 Å². The lowest BCUT2D eigenvalue weighted by molar-refractivity contribution is 0.0724. The van der Waals surface area contributed by atoms with Gasteiger partial charge in [0, 0.05) is 23.2 Å². The third-order valence-corrected chi connectivity index (χ3v) is 8.34. The van der Waals surface area contributed by atoms with Gasteiger partial charge < -0.3 is 11.1 Å². The number of amides is 1. The van der Waals surface area contributed by atoms with Crippen LogP contribution in [-0.2, 0) is 13.1 Å². The molecule has 1 aliphatic carbocycles. The maximum atomic E-state index is 13.7. The minimum absolute atomic E-state index is 0.0487. The molecule has 2 aromatic carbocycles.